The summed E-state index contributed by atoms with van der Waals surface area (Å²) in [4.78, 5) is 7.23. The van der Waals surface area contributed by atoms with E-state index in [4.69, 9.17) is 21.7 Å². The molecule has 3 aromatic heterocycles. The molecule has 1 fully saturated rings. The summed E-state index contributed by atoms with van der Waals surface area (Å²) in [5.74, 6) is 1.02. The first-order chi connectivity index (χ1) is 16.0. The van der Waals surface area contributed by atoms with E-state index in [9.17, 15) is 4.39 Å². The zero-order valence-electron chi connectivity index (χ0n) is 18.6. The maximum absolute atomic E-state index is 14.6. The number of hydrogen-bond donors (Lipinski definition) is 3. The number of aromatic amines is 1. The molecule has 0 radical (unpaired) electrons. The molecule has 4 aromatic rings. The molecule has 0 amide bonds. The highest BCUT2D eigenvalue weighted by Gasteiger charge is 2.19. The number of aromatic nitrogens is 5. The molecule has 4 heterocycles. The lowest BCUT2D eigenvalue weighted by Crippen LogP contribution is -2.43. The number of nitrogens with one attached hydrogen (secondary N) is 3. The van der Waals surface area contributed by atoms with E-state index in [1.165, 1.54) is 6.07 Å². The minimum atomic E-state index is -0.334. The highest BCUT2D eigenvalue weighted by atomic mass is 35.5. The van der Waals surface area contributed by atoms with Gasteiger partial charge in [-0.2, -0.15) is 5.10 Å². The van der Waals surface area contributed by atoms with Gasteiger partial charge in [0.2, 0.25) is 0 Å². The Morgan fingerprint density at radius 1 is 1.09 bits per heavy atom. The predicted octanol–water partition coefficient (Wildman–Crippen LogP) is 3.60. The van der Waals surface area contributed by atoms with Crippen molar-refractivity contribution in [3.63, 3.8) is 0 Å². The van der Waals surface area contributed by atoms with Crippen LogP contribution in [0, 0.1) is 19.7 Å². The molecular weight excluding hydrogens is 443 g/mol. The Kier molecular flexibility index (Phi) is 6.01. The summed E-state index contributed by atoms with van der Waals surface area (Å²) in [5, 5.41) is 19.1. The molecule has 172 valence electrons. The van der Waals surface area contributed by atoms with Crippen LogP contribution in [0.3, 0.4) is 0 Å². The van der Waals surface area contributed by atoms with Crippen LogP contribution in [0.2, 0.25) is 5.02 Å². The lowest BCUT2D eigenvalue weighted by atomic mass is 10.1. The largest absolute Gasteiger partial charge is 0.322 e. The number of anilines is 2. The molecule has 3 N–H and O–H groups in total. The molecule has 1 aliphatic heterocycles. The van der Waals surface area contributed by atoms with Crippen molar-refractivity contribution in [1.29, 1.82) is 0 Å². The first-order valence-electron chi connectivity index (χ1n) is 11.0. The average molecular weight is 469 g/mol. The summed E-state index contributed by atoms with van der Waals surface area (Å²) < 4.78 is 16.4. The molecule has 33 heavy (non-hydrogen) atoms. The number of H-pyrrole nitrogens is 1. The van der Waals surface area contributed by atoms with Gasteiger partial charge in [-0.3, -0.25) is 10.00 Å². The van der Waals surface area contributed by atoms with Crippen LogP contribution in [-0.2, 0) is 13.0 Å². The van der Waals surface area contributed by atoms with E-state index in [1.54, 1.807) is 12.1 Å². The van der Waals surface area contributed by atoms with Crippen molar-refractivity contribution < 1.29 is 4.39 Å². The van der Waals surface area contributed by atoms with Gasteiger partial charge in [0.05, 0.1) is 11.4 Å². The van der Waals surface area contributed by atoms with Gasteiger partial charge in [-0.1, -0.05) is 17.7 Å². The zero-order valence-corrected chi connectivity index (χ0v) is 19.4. The molecule has 1 aliphatic rings. The Morgan fingerprint density at radius 2 is 1.91 bits per heavy atom. The highest BCUT2D eigenvalue weighted by Crippen LogP contribution is 2.25. The number of hydrogen-bond acceptors (Lipinski definition) is 6. The Labute approximate surface area is 196 Å². The molecule has 0 saturated carbocycles. The van der Waals surface area contributed by atoms with E-state index in [1.807, 2.05) is 30.5 Å². The third kappa shape index (κ3) is 4.71. The first kappa shape index (κ1) is 21.8. The Bertz CT molecular complexity index is 1290. The van der Waals surface area contributed by atoms with Crippen LogP contribution in [0.4, 0.5) is 16.0 Å². The van der Waals surface area contributed by atoms with Crippen molar-refractivity contribution in [2.45, 2.75) is 26.8 Å². The molecule has 1 aromatic carbocycles. The molecular formula is C23H26ClFN8. The summed E-state index contributed by atoms with van der Waals surface area (Å²) in [5.41, 5.74) is 5.03. The molecule has 0 spiro atoms. The fourth-order valence-corrected chi connectivity index (χ4v) is 4.34. The molecule has 0 atom stereocenters. The van der Waals surface area contributed by atoms with Gasteiger partial charge < -0.3 is 10.6 Å². The van der Waals surface area contributed by atoms with Crippen molar-refractivity contribution >= 4 is 28.9 Å². The van der Waals surface area contributed by atoms with Crippen molar-refractivity contribution in [2.24, 2.45) is 0 Å². The second-order valence-corrected chi connectivity index (χ2v) is 8.87. The van der Waals surface area contributed by atoms with E-state index in [-0.39, 0.29) is 5.82 Å². The van der Waals surface area contributed by atoms with Crippen molar-refractivity contribution in [2.75, 3.05) is 31.5 Å². The van der Waals surface area contributed by atoms with E-state index >= 15 is 0 Å². The number of fused-ring (bicyclic) bond motifs is 1. The predicted molar refractivity (Wildman–Crippen MR) is 127 cm³/mol. The molecule has 0 bridgehead atoms. The number of rotatable bonds is 6. The van der Waals surface area contributed by atoms with Crippen molar-refractivity contribution in [3.8, 4) is 0 Å². The zero-order chi connectivity index (χ0) is 22.9. The van der Waals surface area contributed by atoms with Crippen LogP contribution < -0.4 is 10.6 Å². The smallest absolute Gasteiger partial charge is 0.158 e. The van der Waals surface area contributed by atoms with Crippen LogP contribution in [0.1, 0.15) is 28.2 Å². The SMILES string of the molecule is Cc1cc(Nc2cc(CN3CCNCC3)c3nc(C)c(Cc4ccc(Cl)cc4F)n3n2)n[nH]1. The molecule has 8 nitrogen and oxygen atoms in total. The van der Waals surface area contributed by atoms with Gasteiger partial charge in [0.25, 0.3) is 0 Å². The summed E-state index contributed by atoms with van der Waals surface area (Å²) >= 11 is 5.94. The van der Waals surface area contributed by atoms with Crippen molar-refractivity contribution in [1.82, 2.24) is 35.0 Å². The minimum absolute atomic E-state index is 0.334. The van der Waals surface area contributed by atoms with Gasteiger partial charge >= 0.3 is 0 Å². The maximum atomic E-state index is 14.6. The topological polar surface area (TPSA) is 86.2 Å². The van der Waals surface area contributed by atoms with Gasteiger partial charge in [0, 0.05) is 61.5 Å². The monoisotopic (exact) mass is 468 g/mol. The van der Waals surface area contributed by atoms with Gasteiger partial charge in [0.1, 0.15) is 5.82 Å². The number of imidazole rings is 1. The number of halogens is 2. The van der Waals surface area contributed by atoms with Gasteiger partial charge in [0.15, 0.2) is 17.3 Å². The quantitative estimate of drug-likeness (QED) is 0.401. The van der Waals surface area contributed by atoms with Crippen LogP contribution >= 0.6 is 11.6 Å². The molecule has 10 heteroatoms. The Hall–Kier alpha value is -3.01. The van der Waals surface area contributed by atoms with Crippen molar-refractivity contribution in [3.05, 3.63) is 69.4 Å². The lowest BCUT2D eigenvalue weighted by molar-refractivity contribution is 0.233. The third-order valence-electron chi connectivity index (χ3n) is 5.89. The number of nitrogens with zero attached hydrogens (tertiary/aromatic N) is 5. The Balaban J connectivity index is 1.57. The van der Waals surface area contributed by atoms with E-state index in [0.29, 0.717) is 28.6 Å². The summed E-state index contributed by atoms with van der Waals surface area (Å²) in [7, 11) is 0. The second kappa shape index (κ2) is 9.09. The molecule has 0 unspecified atom stereocenters. The fourth-order valence-electron chi connectivity index (χ4n) is 4.18. The van der Waals surface area contributed by atoms with Crippen LogP contribution in [0.15, 0.2) is 30.3 Å². The van der Waals surface area contributed by atoms with Crippen LogP contribution in [-0.4, -0.2) is 55.9 Å². The standard InChI is InChI=1S/C23H26ClFN8/c1-14-9-21(30-29-14)28-22-11-17(13-32-7-5-26-6-8-32)23-27-15(2)20(33(23)31-22)10-16-3-4-18(24)12-19(16)25/h3-4,9,11-12,26H,5-8,10,13H2,1-2H3,(H2,28,29,30,31). The van der Waals surface area contributed by atoms with Crippen LogP contribution in [0.25, 0.3) is 5.65 Å². The fraction of sp³-hybridized carbons (Fsp3) is 0.348. The van der Waals surface area contributed by atoms with E-state index in [2.05, 4.69) is 25.7 Å². The maximum Gasteiger partial charge on any atom is 0.158 e. The summed E-state index contributed by atoms with van der Waals surface area (Å²) in [6, 6.07) is 8.71. The van der Waals surface area contributed by atoms with Gasteiger partial charge in [-0.15, -0.1) is 5.10 Å². The minimum Gasteiger partial charge on any atom is -0.322 e. The summed E-state index contributed by atoms with van der Waals surface area (Å²) in [6.45, 7) is 8.52. The first-order valence-corrected chi connectivity index (χ1v) is 11.4. The normalized spacial score (nSPS) is 14.8. The van der Waals surface area contributed by atoms with Gasteiger partial charge in [-0.25, -0.2) is 13.9 Å². The van der Waals surface area contributed by atoms with Crippen LogP contribution in [0.5, 0.6) is 0 Å². The number of piperazine rings is 1. The summed E-state index contributed by atoms with van der Waals surface area (Å²) in [6.07, 6.45) is 0.362. The third-order valence-corrected chi connectivity index (χ3v) is 6.13. The second-order valence-electron chi connectivity index (χ2n) is 8.43. The lowest BCUT2D eigenvalue weighted by Gasteiger charge is -2.27. The van der Waals surface area contributed by atoms with E-state index < -0.39 is 0 Å². The Morgan fingerprint density at radius 3 is 2.64 bits per heavy atom. The number of benzene rings is 1. The van der Waals surface area contributed by atoms with E-state index in [0.717, 1.165) is 61.0 Å². The average Bonchev–Trinajstić information content (AvgIpc) is 3.33. The van der Waals surface area contributed by atoms with Gasteiger partial charge in [-0.05, 0) is 37.6 Å². The molecule has 1 saturated heterocycles. The highest BCUT2D eigenvalue weighted by molar-refractivity contribution is 6.30. The number of aryl methyl sites for hydroxylation is 2. The molecule has 0 aliphatic carbocycles. The molecule has 5 rings (SSSR count).